The molecule has 7 heteroatoms. The Kier molecular flexibility index (Phi) is 2.44. The molecule has 0 aromatic rings. The molecule has 0 aromatic heterocycles. The molecule has 0 aliphatic carbocycles. The Morgan fingerprint density at radius 2 is 1.30 bits per heavy atom. The summed E-state index contributed by atoms with van der Waals surface area (Å²) in [7, 11) is -5.79. The summed E-state index contributed by atoms with van der Waals surface area (Å²) in [5.41, 5.74) is 0. The van der Waals surface area contributed by atoms with Crippen molar-refractivity contribution in [2.24, 2.45) is 0 Å². The largest absolute Gasteiger partial charge is 0.319 e. The van der Waals surface area contributed by atoms with Gasteiger partial charge in [0.15, 0.2) is 0 Å². The molecule has 0 aliphatic rings. The molecule has 0 saturated carbocycles. The molecule has 0 atom stereocenters. The molecule has 0 fully saturated rings. The van der Waals surface area contributed by atoms with Gasteiger partial charge < -0.3 is 0 Å². The fourth-order valence-corrected chi connectivity index (χ4v) is 2.44. The summed E-state index contributed by atoms with van der Waals surface area (Å²) in [4.78, 5) is 0. The highest BCUT2D eigenvalue weighted by Gasteiger charge is 2.26. The summed E-state index contributed by atoms with van der Waals surface area (Å²) in [5, 5.41) is 0. The van der Waals surface area contributed by atoms with Crippen LogP contribution in [0.15, 0.2) is 0 Å². The van der Waals surface area contributed by atoms with Crippen LogP contribution in [0.1, 0.15) is 0 Å². The van der Waals surface area contributed by atoms with Crippen LogP contribution in [0.5, 0.6) is 0 Å². The van der Waals surface area contributed by atoms with E-state index >= 15 is 0 Å². The number of rotatable bonds is 2. The lowest BCUT2D eigenvalue weighted by atomic mass is 11.3. The van der Waals surface area contributed by atoms with Gasteiger partial charge in [0, 0.05) is 14.1 Å². The summed E-state index contributed by atoms with van der Waals surface area (Å²) >= 11 is 0. The molecule has 0 spiro atoms. The van der Waals surface area contributed by atoms with Gasteiger partial charge >= 0.3 is 9.06 Å². The third-order valence-corrected chi connectivity index (χ3v) is 5.68. The summed E-state index contributed by atoms with van der Waals surface area (Å²) in [6.07, 6.45) is 0.655. The van der Waals surface area contributed by atoms with Crippen molar-refractivity contribution in [1.29, 1.82) is 0 Å². The molecule has 0 unspecified atom stereocenters. The topological polar surface area (TPSA) is 71.5 Å². The van der Waals surface area contributed by atoms with E-state index in [1.807, 2.05) is 0 Å². The molecule has 0 bridgehead atoms. The first kappa shape index (κ1) is 9.86. The average molecular weight is 187 g/mol. The van der Waals surface area contributed by atoms with E-state index in [0.29, 0.717) is 10.6 Å². The lowest BCUT2D eigenvalue weighted by Crippen LogP contribution is -2.28. The van der Waals surface area contributed by atoms with Gasteiger partial charge in [0.05, 0.1) is 6.26 Å². The molecule has 5 nitrogen and oxygen atoms in total. The Hall–Kier alpha value is -0.140. The molecule has 0 aromatic carbocycles. The van der Waals surface area contributed by atoms with Gasteiger partial charge in [-0.05, 0) is 0 Å². The van der Waals surface area contributed by atoms with Crippen LogP contribution >= 0.6 is 0 Å². The van der Waals surface area contributed by atoms with Crippen LogP contribution in [0.2, 0.25) is 0 Å². The van der Waals surface area contributed by atoms with E-state index in [4.69, 9.17) is 0 Å². The molecule has 10 heavy (non-hydrogen) atoms. The second-order valence-electron chi connectivity index (χ2n) is 1.94. The highest BCUT2D eigenvalue weighted by Crippen LogP contribution is 2.01. The van der Waals surface area contributed by atoms with Crippen molar-refractivity contribution in [2.75, 3.05) is 20.4 Å². The number of hydrogen-bond donors (Lipinski definition) is 0. The van der Waals surface area contributed by atoms with Gasteiger partial charge in [0.25, 0.3) is 8.87 Å². The zero-order chi connectivity index (χ0) is 8.58. The third-order valence-electron chi connectivity index (χ3n) is 0.830. The SMILES string of the molecule is CN(C)S(=O)(=O)S(C)(=O)=O. The van der Waals surface area contributed by atoms with Gasteiger partial charge in [-0.15, -0.1) is 0 Å². The van der Waals surface area contributed by atoms with Crippen molar-refractivity contribution in [1.82, 2.24) is 4.31 Å². The predicted molar refractivity (Wildman–Crippen MR) is 37.5 cm³/mol. The van der Waals surface area contributed by atoms with Gasteiger partial charge in [-0.3, -0.25) is 0 Å². The Labute approximate surface area is 60.0 Å². The minimum Gasteiger partial charge on any atom is -0.212 e. The maximum atomic E-state index is 10.7. The Bertz CT molecular complexity index is 297. The van der Waals surface area contributed by atoms with Crippen molar-refractivity contribution < 1.29 is 16.8 Å². The Morgan fingerprint density at radius 3 is 1.30 bits per heavy atom. The predicted octanol–water partition coefficient (Wildman–Crippen LogP) is -1.16. The second-order valence-corrected chi connectivity index (χ2v) is 8.02. The van der Waals surface area contributed by atoms with E-state index < -0.39 is 17.9 Å². The molecule has 0 saturated heterocycles. The summed E-state index contributed by atoms with van der Waals surface area (Å²) in [5.74, 6) is 0. The first-order valence-electron chi connectivity index (χ1n) is 2.32. The first-order chi connectivity index (χ1) is 4.19. The molecular formula is C3H9NO4S2. The lowest BCUT2D eigenvalue weighted by Gasteiger charge is -2.07. The second kappa shape index (κ2) is 2.48. The van der Waals surface area contributed by atoms with Crippen molar-refractivity contribution in [2.45, 2.75) is 0 Å². The zero-order valence-corrected chi connectivity index (χ0v) is 7.53. The van der Waals surface area contributed by atoms with Gasteiger partial charge in [-0.1, -0.05) is 0 Å². The molecule has 0 heterocycles. The molecule has 0 N–H and O–H groups in total. The van der Waals surface area contributed by atoms with E-state index in [9.17, 15) is 16.8 Å². The fourth-order valence-electron chi connectivity index (χ4n) is 0.271. The maximum absolute atomic E-state index is 10.7. The molecule has 0 aliphatic heterocycles. The standard InChI is InChI=1S/C3H9NO4S2/c1-4(2)10(7,8)9(3,5)6/h1-3H3. The van der Waals surface area contributed by atoms with Gasteiger partial charge in [0.1, 0.15) is 0 Å². The molecule has 0 rings (SSSR count). The fraction of sp³-hybridized carbons (Fsp3) is 1.00. The van der Waals surface area contributed by atoms with Crippen LogP contribution in [-0.4, -0.2) is 41.5 Å². The highest BCUT2D eigenvalue weighted by molar-refractivity contribution is 8.65. The monoisotopic (exact) mass is 187 g/mol. The highest BCUT2D eigenvalue weighted by atomic mass is 33.2. The van der Waals surface area contributed by atoms with Crippen LogP contribution in [0.25, 0.3) is 0 Å². The van der Waals surface area contributed by atoms with Crippen LogP contribution in [0, 0.1) is 0 Å². The lowest BCUT2D eigenvalue weighted by molar-refractivity contribution is 0.528. The van der Waals surface area contributed by atoms with E-state index in [2.05, 4.69) is 0 Å². The van der Waals surface area contributed by atoms with Crippen molar-refractivity contribution in [3.05, 3.63) is 0 Å². The third kappa shape index (κ3) is 1.68. The quantitative estimate of drug-likeness (QED) is 0.511. The molecular weight excluding hydrogens is 178 g/mol. The van der Waals surface area contributed by atoms with E-state index in [0.717, 1.165) is 14.1 Å². The normalized spacial score (nSPS) is 14.0. The number of nitrogens with zero attached hydrogens (tertiary/aromatic N) is 1. The summed E-state index contributed by atoms with van der Waals surface area (Å²) < 4.78 is 43.0. The van der Waals surface area contributed by atoms with Gasteiger partial charge in [-0.2, -0.15) is 12.7 Å². The Morgan fingerprint density at radius 1 is 1.00 bits per heavy atom. The number of hydrogen-bond acceptors (Lipinski definition) is 4. The van der Waals surface area contributed by atoms with Crippen LogP contribution in [0.4, 0.5) is 0 Å². The van der Waals surface area contributed by atoms with Crippen molar-refractivity contribution in [3.8, 4) is 0 Å². The van der Waals surface area contributed by atoms with Crippen molar-refractivity contribution in [3.63, 3.8) is 0 Å². The first-order valence-corrected chi connectivity index (χ1v) is 6.17. The minimum absolute atomic E-state index is 0.655. The van der Waals surface area contributed by atoms with Crippen molar-refractivity contribution >= 4 is 17.9 Å². The van der Waals surface area contributed by atoms with Crippen LogP contribution in [-0.2, 0) is 17.9 Å². The van der Waals surface area contributed by atoms with Gasteiger partial charge in [-0.25, -0.2) is 8.42 Å². The Balaban J connectivity index is 5.21. The molecule has 0 radical (unpaired) electrons. The van der Waals surface area contributed by atoms with E-state index in [1.165, 1.54) is 0 Å². The van der Waals surface area contributed by atoms with Gasteiger partial charge in [0.2, 0.25) is 0 Å². The minimum atomic E-state index is -4.11. The van der Waals surface area contributed by atoms with E-state index in [-0.39, 0.29) is 0 Å². The van der Waals surface area contributed by atoms with Crippen LogP contribution in [0.3, 0.4) is 0 Å². The summed E-state index contributed by atoms with van der Waals surface area (Å²) in [6.45, 7) is 0. The zero-order valence-electron chi connectivity index (χ0n) is 5.90. The molecule has 62 valence electrons. The smallest absolute Gasteiger partial charge is 0.212 e. The average Bonchev–Trinajstić information content (AvgIpc) is 1.62. The van der Waals surface area contributed by atoms with Crippen LogP contribution < -0.4 is 0 Å². The van der Waals surface area contributed by atoms with E-state index in [1.54, 1.807) is 0 Å². The molecule has 0 amide bonds. The maximum Gasteiger partial charge on any atom is 0.319 e. The summed E-state index contributed by atoms with van der Waals surface area (Å²) in [6, 6.07) is 0.